The molecule has 2 aromatic rings. The molecule has 1 fully saturated rings. The number of amides is 2. The van der Waals surface area contributed by atoms with E-state index < -0.39 is 0 Å². The number of fused-ring (bicyclic) bond motifs is 1. The van der Waals surface area contributed by atoms with E-state index in [1.807, 2.05) is 23.2 Å². The van der Waals surface area contributed by atoms with Gasteiger partial charge in [-0.2, -0.15) is 5.10 Å². The minimum atomic E-state index is -0.287. The van der Waals surface area contributed by atoms with Gasteiger partial charge in [0.1, 0.15) is 12.1 Å². The number of hydrogen-bond acceptors (Lipinski definition) is 5. The van der Waals surface area contributed by atoms with E-state index in [2.05, 4.69) is 72.9 Å². The molecule has 0 bridgehead atoms. The Kier molecular flexibility index (Phi) is 6.48. The summed E-state index contributed by atoms with van der Waals surface area (Å²) in [5.41, 5.74) is 3.61. The van der Waals surface area contributed by atoms with Crippen LogP contribution >= 0.6 is 0 Å². The highest BCUT2D eigenvalue weighted by atomic mass is 16.2. The van der Waals surface area contributed by atoms with Crippen molar-refractivity contribution in [3.8, 4) is 0 Å². The molecular formula is C30H35N5O2. The van der Waals surface area contributed by atoms with Crippen LogP contribution in [0.15, 0.2) is 76.5 Å². The maximum atomic E-state index is 12.8. The molecule has 7 heteroatoms. The van der Waals surface area contributed by atoms with E-state index in [0.29, 0.717) is 18.0 Å². The number of rotatable bonds is 6. The number of hydrazone groups is 1. The molecule has 7 nitrogen and oxygen atoms in total. The Morgan fingerprint density at radius 3 is 2.32 bits per heavy atom. The summed E-state index contributed by atoms with van der Waals surface area (Å²) in [5, 5.41) is 12.8. The van der Waals surface area contributed by atoms with Gasteiger partial charge in [-0.3, -0.25) is 14.6 Å². The number of carbonyl (C=O) groups is 2. The van der Waals surface area contributed by atoms with Gasteiger partial charge in [-0.25, -0.2) is 5.01 Å². The maximum Gasteiger partial charge on any atom is 0.221 e. The van der Waals surface area contributed by atoms with Gasteiger partial charge in [-0.1, -0.05) is 75.4 Å². The Labute approximate surface area is 218 Å². The molecule has 2 aliphatic heterocycles. The van der Waals surface area contributed by atoms with E-state index in [-0.39, 0.29) is 34.9 Å². The maximum absolute atomic E-state index is 12.8. The van der Waals surface area contributed by atoms with E-state index in [0.717, 1.165) is 36.0 Å². The smallest absolute Gasteiger partial charge is 0.221 e. The Balaban J connectivity index is 1.45. The SMILES string of the molecule is CC(=O)NC1=CC=NN2C1=NC(c1ccc(C3(NC(=O)CC(C)(C)C)CCC3)cc1)C2c1ccccc1. The molecule has 0 spiro atoms. The fraction of sp³-hybridized carbons (Fsp3) is 0.400. The van der Waals surface area contributed by atoms with E-state index in [1.54, 1.807) is 12.3 Å². The topological polar surface area (TPSA) is 86.2 Å². The molecule has 3 aliphatic rings. The number of carbonyl (C=O) groups excluding carboxylic acids is 2. The Morgan fingerprint density at radius 1 is 1.03 bits per heavy atom. The van der Waals surface area contributed by atoms with Crippen LogP contribution in [0.2, 0.25) is 0 Å². The molecule has 0 saturated heterocycles. The number of nitrogens with zero attached hydrogens (tertiary/aromatic N) is 3. The van der Waals surface area contributed by atoms with E-state index in [4.69, 9.17) is 4.99 Å². The van der Waals surface area contributed by atoms with E-state index >= 15 is 0 Å². The first-order chi connectivity index (χ1) is 17.7. The second-order valence-electron chi connectivity index (χ2n) is 11.5. The minimum absolute atomic E-state index is 0.0495. The van der Waals surface area contributed by atoms with Crippen LogP contribution in [0.25, 0.3) is 0 Å². The first-order valence-corrected chi connectivity index (χ1v) is 13.0. The third kappa shape index (κ3) is 5.08. The van der Waals surface area contributed by atoms with Crippen LogP contribution in [-0.2, 0) is 15.1 Å². The number of allylic oxidation sites excluding steroid dienone is 1. The predicted molar refractivity (Wildman–Crippen MR) is 146 cm³/mol. The highest BCUT2D eigenvalue weighted by Gasteiger charge is 2.43. The monoisotopic (exact) mass is 497 g/mol. The lowest BCUT2D eigenvalue weighted by Crippen LogP contribution is -2.51. The first-order valence-electron chi connectivity index (χ1n) is 13.0. The van der Waals surface area contributed by atoms with Crippen molar-refractivity contribution in [3.63, 3.8) is 0 Å². The van der Waals surface area contributed by atoms with Crippen LogP contribution in [-0.4, -0.2) is 28.9 Å². The van der Waals surface area contributed by atoms with E-state index in [1.165, 1.54) is 6.92 Å². The fourth-order valence-electron chi connectivity index (χ4n) is 5.43. The van der Waals surface area contributed by atoms with Gasteiger partial charge in [0.25, 0.3) is 0 Å². The molecule has 2 atom stereocenters. The van der Waals surface area contributed by atoms with Gasteiger partial charge in [-0.15, -0.1) is 0 Å². The number of hydrogen-bond donors (Lipinski definition) is 2. The lowest BCUT2D eigenvalue weighted by atomic mass is 9.71. The molecular weight excluding hydrogens is 462 g/mol. The zero-order chi connectivity index (χ0) is 26.2. The molecule has 192 valence electrons. The summed E-state index contributed by atoms with van der Waals surface area (Å²) in [7, 11) is 0. The lowest BCUT2D eigenvalue weighted by Gasteiger charge is -2.43. The first kappa shape index (κ1) is 24.9. The third-order valence-corrected chi connectivity index (χ3v) is 7.25. The molecule has 37 heavy (non-hydrogen) atoms. The number of benzene rings is 2. The Morgan fingerprint density at radius 2 is 1.73 bits per heavy atom. The molecule has 2 unspecified atom stereocenters. The van der Waals surface area contributed by atoms with Crippen molar-refractivity contribution in [2.75, 3.05) is 0 Å². The molecule has 1 aliphatic carbocycles. The minimum Gasteiger partial charge on any atom is -0.347 e. The van der Waals surface area contributed by atoms with Crippen molar-refractivity contribution < 1.29 is 9.59 Å². The molecule has 1 saturated carbocycles. The van der Waals surface area contributed by atoms with Crippen LogP contribution in [0.4, 0.5) is 0 Å². The second kappa shape index (κ2) is 9.61. The summed E-state index contributed by atoms with van der Waals surface area (Å²) in [4.78, 5) is 29.7. The third-order valence-electron chi connectivity index (χ3n) is 7.25. The fourth-order valence-corrected chi connectivity index (χ4v) is 5.43. The van der Waals surface area contributed by atoms with Gasteiger partial charge in [0.2, 0.25) is 11.8 Å². The molecule has 2 heterocycles. The summed E-state index contributed by atoms with van der Waals surface area (Å²) in [5.74, 6) is 0.618. The second-order valence-corrected chi connectivity index (χ2v) is 11.5. The van der Waals surface area contributed by atoms with Crippen LogP contribution in [0, 0.1) is 5.41 Å². The van der Waals surface area contributed by atoms with Crippen molar-refractivity contribution in [3.05, 3.63) is 83.1 Å². The van der Waals surface area contributed by atoms with Gasteiger partial charge in [0.15, 0.2) is 5.84 Å². The standard InChI is InChI=1S/C30H35N5O2/c1-20(36)32-24-15-18-31-35-27(22-9-6-5-7-10-22)26(33-28(24)35)21-11-13-23(14-12-21)30(16-8-17-30)34-25(37)19-29(2,3)4/h5-7,9-15,18,26-27H,8,16-17,19H2,1-4H3,(H,32,36)(H,34,37). The van der Waals surface area contributed by atoms with Crippen LogP contribution in [0.5, 0.6) is 0 Å². The predicted octanol–water partition coefficient (Wildman–Crippen LogP) is 5.13. The van der Waals surface area contributed by atoms with Crippen molar-refractivity contribution in [2.24, 2.45) is 15.5 Å². The molecule has 2 amide bonds. The molecule has 2 N–H and O–H groups in total. The largest absolute Gasteiger partial charge is 0.347 e. The van der Waals surface area contributed by atoms with Crippen LogP contribution in [0.3, 0.4) is 0 Å². The average Bonchev–Trinajstić information content (AvgIpc) is 3.21. The summed E-state index contributed by atoms with van der Waals surface area (Å²) in [6, 6.07) is 18.4. The highest BCUT2D eigenvalue weighted by Crippen LogP contribution is 2.46. The van der Waals surface area contributed by atoms with E-state index in [9.17, 15) is 9.59 Å². The number of nitrogens with one attached hydrogen (secondary N) is 2. The molecule has 0 radical (unpaired) electrons. The highest BCUT2D eigenvalue weighted by molar-refractivity contribution is 6.06. The van der Waals surface area contributed by atoms with Gasteiger partial charge in [0, 0.05) is 19.6 Å². The summed E-state index contributed by atoms with van der Waals surface area (Å²) in [6.45, 7) is 7.76. The zero-order valence-electron chi connectivity index (χ0n) is 22.0. The van der Waals surface area contributed by atoms with Crippen LogP contribution < -0.4 is 10.6 Å². The number of amidine groups is 1. The Hall–Kier alpha value is -3.74. The van der Waals surface area contributed by atoms with Gasteiger partial charge in [-0.05, 0) is 47.4 Å². The van der Waals surface area contributed by atoms with Gasteiger partial charge < -0.3 is 10.6 Å². The molecule has 5 rings (SSSR count). The average molecular weight is 498 g/mol. The van der Waals surface area contributed by atoms with Gasteiger partial charge >= 0.3 is 0 Å². The van der Waals surface area contributed by atoms with Crippen molar-refractivity contribution in [2.45, 2.75) is 71.0 Å². The molecule has 0 aromatic heterocycles. The number of aliphatic imine (C=N–C) groups is 1. The quantitative estimate of drug-likeness (QED) is 0.580. The van der Waals surface area contributed by atoms with Crippen molar-refractivity contribution >= 4 is 23.9 Å². The van der Waals surface area contributed by atoms with Crippen molar-refractivity contribution in [1.29, 1.82) is 0 Å². The molecule has 2 aromatic carbocycles. The van der Waals surface area contributed by atoms with Crippen molar-refractivity contribution in [1.82, 2.24) is 15.6 Å². The van der Waals surface area contributed by atoms with Gasteiger partial charge in [0.05, 0.1) is 11.2 Å². The van der Waals surface area contributed by atoms with Crippen LogP contribution in [0.1, 0.15) is 82.2 Å². The summed E-state index contributed by atoms with van der Waals surface area (Å²) < 4.78 is 0. The normalized spacial score (nSPS) is 21.9. The Bertz CT molecular complexity index is 1270. The zero-order valence-corrected chi connectivity index (χ0v) is 22.0. The summed E-state index contributed by atoms with van der Waals surface area (Å²) in [6.07, 6.45) is 7.00. The lowest BCUT2D eigenvalue weighted by molar-refractivity contribution is -0.126. The summed E-state index contributed by atoms with van der Waals surface area (Å²) >= 11 is 0.